The van der Waals surface area contributed by atoms with Crippen LogP contribution in [0.3, 0.4) is 0 Å². The summed E-state index contributed by atoms with van der Waals surface area (Å²) in [4.78, 5) is 10.5. The minimum absolute atomic E-state index is 0.0107. The highest BCUT2D eigenvalue weighted by Gasteiger charge is 2.43. The number of hydrogen-bond donors (Lipinski definition) is 1. The molecule has 0 aliphatic heterocycles. The monoisotopic (exact) mass is 275 g/mol. The summed E-state index contributed by atoms with van der Waals surface area (Å²) in [5, 5.41) is 20.1. The maximum atomic E-state index is 10.9. The number of aryl methyl sites for hydroxylation is 2. The Morgan fingerprint density at radius 2 is 2.15 bits per heavy atom. The van der Waals surface area contributed by atoms with E-state index in [1.165, 1.54) is 6.07 Å². The van der Waals surface area contributed by atoms with Gasteiger partial charge in [0.05, 0.1) is 17.1 Å². The zero-order chi connectivity index (χ0) is 14.9. The number of hydrogen-bond acceptors (Lipinski definition) is 5. The number of nitriles is 1. The van der Waals surface area contributed by atoms with Gasteiger partial charge in [-0.25, -0.2) is 0 Å². The Hall–Kier alpha value is -2.13. The normalized spacial score (nSPS) is 17.1. The Labute approximate surface area is 117 Å². The van der Waals surface area contributed by atoms with Crippen molar-refractivity contribution < 1.29 is 9.66 Å². The van der Waals surface area contributed by atoms with Gasteiger partial charge in [-0.1, -0.05) is 0 Å². The molecule has 0 amide bonds. The highest BCUT2D eigenvalue weighted by Crippen LogP contribution is 2.38. The van der Waals surface area contributed by atoms with Crippen LogP contribution in [0, 0.1) is 41.2 Å². The smallest absolute Gasteiger partial charge is 0.276 e. The van der Waals surface area contributed by atoms with E-state index in [2.05, 4.69) is 6.07 Å². The van der Waals surface area contributed by atoms with Crippen LogP contribution in [-0.4, -0.2) is 17.1 Å². The Bertz CT molecular complexity index is 590. The predicted octanol–water partition coefficient (Wildman–Crippen LogP) is 2.22. The second-order valence-corrected chi connectivity index (χ2v) is 5.38. The number of rotatable bonds is 5. The van der Waals surface area contributed by atoms with Gasteiger partial charge in [0.15, 0.2) is 0 Å². The van der Waals surface area contributed by atoms with Crippen LogP contribution < -0.4 is 10.5 Å². The molecule has 6 nitrogen and oxygen atoms in total. The number of nitrogens with two attached hydrogens (primary N) is 1. The van der Waals surface area contributed by atoms with Crippen molar-refractivity contribution in [3.63, 3.8) is 0 Å². The van der Waals surface area contributed by atoms with Crippen molar-refractivity contribution >= 4 is 5.69 Å². The van der Waals surface area contributed by atoms with Crippen LogP contribution in [0.15, 0.2) is 12.1 Å². The molecule has 1 aromatic carbocycles. The molecule has 0 saturated heterocycles. The lowest BCUT2D eigenvalue weighted by molar-refractivity contribution is -0.385. The molecular formula is C14H17N3O3. The maximum Gasteiger partial charge on any atom is 0.276 e. The SMILES string of the molecule is Cc1cc(C)c([N+](=O)[O-])cc1OCC(N)(C#N)C1CC1. The Balaban J connectivity index is 2.19. The third-order valence-corrected chi connectivity index (χ3v) is 3.67. The number of benzene rings is 1. The van der Waals surface area contributed by atoms with Crippen LogP contribution in [0.1, 0.15) is 24.0 Å². The van der Waals surface area contributed by atoms with Gasteiger partial charge in [0.2, 0.25) is 0 Å². The summed E-state index contributed by atoms with van der Waals surface area (Å²) in [6.07, 6.45) is 1.86. The fraction of sp³-hybridized carbons (Fsp3) is 0.500. The van der Waals surface area contributed by atoms with Crippen molar-refractivity contribution in [3.8, 4) is 11.8 Å². The van der Waals surface area contributed by atoms with Crippen LogP contribution in [0.5, 0.6) is 5.75 Å². The van der Waals surface area contributed by atoms with Crippen molar-refractivity contribution in [3.05, 3.63) is 33.4 Å². The fourth-order valence-electron chi connectivity index (χ4n) is 2.21. The summed E-state index contributed by atoms with van der Waals surface area (Å²) in [6, 6.07) is 5.20. The summed E-state index contributed by atoms with van der Waals surface area (Å²) in [5.74, 6) is 0.571. The van der Waals surface area contributed by atoms with Crippen LogP contribution in [0.2, 0.25) is 0 Å². The topological polar surface area (TPSA) is 102 Å². The second kappa shape index (κ2) is 5.10. The molecule has 1 aliphatic carbocycles. The molecule has 0 spiro atoms. The van der Waals surface area contributed by atoms with Crippen molar-refractivity contribution in [2.45, 2.75) is 32.2 Å². The van der Waals surface area contributed by atoms with E-state index < -0.39 is 10.5 Å². The number of ether oxygens (including phenoxy) is 1. The maximum absolute atomic E-state index is 10.9. The van der Waals surface area contributed by atoms with Crippen molar-refractivity contribution in [1.82, 2.24) is 0 Å². The molecule has 106 valence electrons. The molecule has 1 unspecified atom stereocenters. The first kappa shape index (κ1) is 14.3. The van der Waals surface area contributed by atoms with E-state index in [-0.39, 0.29) is 18.2 Å². The van der Waals surface area contributed by atoms with Crippen LogP contribution >= 0.6 is 0 Å². The third kappa shape index (κ3) is 2.73. The molecule has 0 aromatic heterocycles. The highest BCUT2D eigenvalue weighted by atomic mass is 16.6. The molecule has 1 atom stereocenters. The van der Waals surface area contributed by atoms with Gasteiger partial charge in [-0.05, 0) is 44.2 Å². The lowest BCUT2D eigenvalue weighted by Gasteiger charge is -2.22. The Morgan fingerprint density at radius 3 is 2.65 bits per heavy atom. The Kier molecular flexibility index (Phi) is 3.64. The zero-order valence-electron chi connectivity index (χ0n) is 11.5. The molecule has 1 aliphatic rings. The molecule has 0 radical (unpaired) electrons. The molecule has 20 heavy (non-hydrogen) atoms. The van der Waals surface area contributed by atoms with Gasteiger partial charge in [0.1, 0.15) is 17.9 Å². The zero-order valence-corrected chi connectivity index (χ0v) is 11.5. The minimum atomic E-state index is -1.01. The van der Waals surface area contributed by atoms with Crippen LogP contribution in [0.25, 0.3) is 0 Å². The summed E-state index contributed by atoms with van der Waals surface area (Å²) >= 11 is 0. The van der Waals surface area contributed by atoms with E-state index in [1.54, 1.807) is 13.0 Å². The second-order valence-electron chi connectivity index (χ2n) is 5.38. The van der Waals surface area contributed by atoms with E-state index in [9.17, 15) is 10.1 Å². The average molecular weight is 275 g/mol. The van der Waals surface area contributed by atoms with E-state index in [4.69, 9.17) is 15.7 Å². The minimum Gasteiger partial charge on any atom is -0.490 e. The summed E-state index contributed by atoms with van der Waals surface area (Å²) in [7, 11) is 0. The number of nitro benzene ring substituents is 1. The molecule has 2 rings (SSSR count). The molecule has 2 N–H and O–H groups in total. The third-order valence-electron chi connectivity index (χ3n) is 3.67. The largest absolute Gasteiger partial charge is 0.490 e. The lowest BCUT2D eigenvalue weighted by Crippen LogP contribution is -2.46. The average Bonchev–Trinajstić information content (AvgIpc) is 3.21. The van der Waals surface area contributed by atoms with E-state index >= 15 is 0 Å². The van der Waals surface area contributed by atoms with Gasteiger partial charge in [0.25, 0.3) is 5.69 Å². The molecular weight excluding hydrogens is 258 g/mol. The van der Waals surface area contributed by atoms with Crippen LogP contribution in [-0.2, 0) is 0 Å². The summed E-state index contributed by atoms with van der Waals surface area (Å²) in [5.41, 5.74) is 6.39. The summed E-state index contributed by atoms with van der Waals surface area (Å²) < 4.78 is 5.59. The molecule has 0 heterocycles. The lowest BCUT2D eigenvalue weighted by atomic mass is 9.98. The molecule has 1 saturated carbocycles. The van der Waals surface area contributed by atoms with Crippen molar-refractivity contribution in [2.75, 3.05) is 6.61 Å². The van der Waals surface area contributed by atoms with E-state index in [0.717, 1.165) is 18.4 Å². The standard InChI is InChI=1S/C14H17N3O3/c1-9-5-10(2)13(6-12(9)17(18)19)20-8-14(16,7-15)11-3-4-11/h5-6,11H,3-4,8,16H2,1-2H3. The first-order chi connectivity index (χ1) is 9.37. The van der Waals surface area contributed by atoms with Gasteiger partial charge >= 0.3 is 0 Å². The number of nitro groups is 1. The molecule has 6 heteroatoms. The number of nitrogens with zero attached hydrogens (tertiary/aromatic N) is 2. The van der Waals surface area contributed by atoms with E-state index in [1.807, 2.05) is 6.92 Å². The van der Waals surface area contributed by atoms with Crippen molar-refractivity contribution in [2.24, 2.45) is 11.7 Å². The first-order valence-corrected chi connectivity index (χ1v) is 6.46. The molecule has 1 fully saturated rings. The summed E-state index contributed by atoms with van der Waals surface area (Å²) in [6.45, 7) is 3.55. The van der Waals surface area contributed by atoms with Crippen LogP contribution in [0.4, 0.5) is 5.69 Å². The molecule has 0 bridgehead atoms. The highest BCUT2D eigenvalue weighted by molar-refractivity contribution is 5.49. The van der Waals surface area contributed by atoms with Gasteiger partial charge in [-0.2, -0.15) is 5.26 Å². The molecule has 1 aromatic rings. The van der Waals surface area contributed by atoms with Gasteiger partial charge in [-0.3, -0.25) is 10.1 Å². The Morgan fingerprint density at radius 1 is 1.50 bits per heavy atom. The van der Waals surface area contributed by atoms with Gasteiger partial charge in [0, 0.05) is 5.56 Å². The van der Waals surface area contributed by atoms with Gasteiger partial charge in [-0.15, -0.1) is 0 Å². The predicted molar refractivity (Wildman–Crippen MR) is 73.3 cm³/mol. The van der Waals surface area contributed by atoms with Crippen molar-refractivity contribution in [1.29, 1.82) is 5.26 Å². The first-order valence-electron chi connectivity index (χ1n) is 6.46. The van der Waals surface area contributed by atoms with Gasteiger partial charge < -0.3 is 10.5 Å². The van der Waals surface area contributed by atoms with E-state index in [0.29, 0.717) is 11.3 Å². The quantitative estimate of drug-likeness (QED) is 0.655. The fourth-order valence-corrected chi connectivity index (χ4v) is 2.21.